The summed E-state index contributed by atoms with van der Waals surface area (Å²) in [5.74, 6) is 0. The molecule has 96 valence electrons. The lowest BCUT2D eigenvalue weighted by Gasteiger charge is -2.14. The molecule has 0 amide bonds. The molecule has 1 aromatic heterocycles. The van der Waals surface area contributed by atoms with E-state index in [2.05, 4.69) is 10.3 Å². The van der Waals surface area contributed by atoms with Gasteiger partial charge in [-0.15, -0.1) is 5.10 Å². The molecular weight excluding hydrogens is 238 g/mol. The van der Waals surface area contributed by atoms with Gasteiger partial charge in [0.1, 0.15) is 23.8 Å². The molecule has 1 aromatic carbocycles. The van der Waals surface area contributed by atoms with Gasteiger partial charge in [0, 0.05) is 0 Å². The van der Waals surface area contributed by atoms with Gasteiger partial charge in [0.15, 0.2) is 6.23 Å². The van der Waals surface area contributed by atoms with Gasteiger partial charge in [-0.25, -0.2) is 4.68 Å². The predicted octanol–water partition coefficient (Wildman–Crippen LogP) is -0.957. The molecule has 1 saturated heterocycles. The second-order valence-corrected chi connectivity index (χ2v) is 4.25. The van der Waals surface area contributed by atoms with Crippen LogP contribution in [0.3, 0.4) is 0 Å². The number of hydrogen-bond donors (Lipinski definition) is 3. The van der Waals surface area contributed by atoms with Crippen molar-refractivity contribution in [2.75, 3.05) is 6.61 Å². The van der Waals surface area contributed by atoms with E-state index in [-0.39, 0.29) is 6.61 Å². The maximum Gasteiger partial charge on any atom is 0.181 e. The normalized spacial score (nSPS) is 32.2. The first-order chi connectivity index (χ1) is 8.72. The van der Waals surface area contributed by atoms with E-state index in [1.165, 1.54) is 4.68 Å². The number of benzene rings is 1. The van der Waals surface area contributed by atoms with Gasteiger partial charge in [-0.2, -0.15) is 0 Å². The van der Waals surface area contributed by atoms with Gasteiger partial charge in [0.2, 0.25) is 0 Å². The number of aliphatic hydroxyl groups is 3. The largest absolute Gasteiger partial charge is 0.394 e. The van der Waals surface area contributed by atoms with Crippen molar-refractivity contribution in [1.29, 1.82) is 0 Å². The maximum absolute atomic E-state index is 9.92. The minimum atomic E-state index is -1.15. The van der Waals surface area contributed by atoms with Gasteiger partial charge >= 0.3 is 0 Å². The standard InChI is InChI=1S/C11H13N3O4/c15-5-8-9(16)10(17)11(18-8)14-7-4-2-1-3-6(7)12-13-14/h1-4,8-11,15-17H,5H2/t8-,9+,10-,11-/m0/s1. The zero-order valence-electron chi connectivity index (χ0n) is 9.42. The van der Waals surface area contributed by atoms with Crippen molar-refractivity contribution >= 4 is 11.0 Å². The van der Waals surface area contributed by atoms with Crippen LogP contribution in [0.25, 0.3) is 11.0 Å². The first-order valence-corrected chi connectivity index (χ1v) is 5.65. The Morgan fingerprint density at radius 1 is 1.22 bits per heavy atom. The summed E-state index contributed by atoms with van der Waals surface area (Å²) in [6.45, 7) is -0.360. The molecule has 4 atom stereocenters. The molecule has 0 saturated carbocycles. The molecule has 0 radical (unpaired) electrons. The molecule has 1 aliphatic rings. The number of aliphatic hydroxyl groups excluding tert-OH is 3. The van der Waals surface area contributed by atoms with Gasteiger partial charge in [0.25, 0.3) is 0 Å². The summed E-state index contributed by atoms with van der Waals surface area (Å²) < 4.78 is 6.81. The third-order valence-corrected chi connectivity index (χ3v) is 3.14. The third-order valence-electron chi connectivity index (χ3n) is 3.14. The fraction of sp³-hybridized carbons (Fsp3) is 0.455. The smallest absolute Gasteiger partial charge is 0.181 e. The second kappa shape index (κ2) is 4.29. The Kier molecular flexibility index (Phi) is 2.75. The van der Waals surface area contributed by atoms with Gasteiger partial charge in [0.05, 0.1) is 12.1 Å². The minimum absolute atomic E-state index is 0.360. The zero-order chi connectivity index (χ0) is 12.7. The Hall–Kier alpha value is -1.54. The fourth-order valence-corrected chi connectivity index (χ4v) is 2.16. The van der Waals surface area contributed by atoms with E-state index in [1.54, 1.807) is 12.1 Å². The molecule has 7 nitrogen and oxygen atoms in total. The number of nitrogens with zero attached hydrogens (tertiary/aromatic N) is 3. The lowest BCUT2D eigenvalue weighted by Crippen LogP contribution is -2.33. The molecule has 0 aliphatic carbocycles. The minimum Gasteiger partial charge on any atom is -0.394 e. The van der Waals surface area contributed by atoms with Crippen LogP contribution in [-0.2, 0) is 4.74 Å². The molecule has 0 unspecified atom stereocenters. The highest BCUT2D eigenvalue weighted by Crippen LogP contribution is 2.30. The van der Waals surface area contributed by atoms with Crippen LogP contribution in [0, 0.1) is 0 Å². The van der Waals surface area contributed by atoms with Crippen LogP contribution in [-0.4, -0.2) is 55.2 Å². The maximum atomic E-state index is 9.92. The Morgan fingerprint density at radius 2 is 2.00 bits per heavy atom. The van der Waals surface area contributed by atoms with Crippen LogP contribution in [0.15, 0.2) is 24.3 Å². The van der Waals surface area contributed by atoms with Crippen LogP contribution >= 0.6 is 0 Å². The van der Waals surface area contributed by atoms with Crippen LogP contribution in [0.2, 0.25) is 0 Å². The van der Waals surface area contributed by atoms with Crippen molar-refractivity contribution in [1.82, 2.24) is 15.0 Å². The molecule has 2 aromatic rings. The van der Waals surface area contributed by atoms with E-state index < -0.39 is 24.5 Å². The summed E-state index contributed by atoms with van der Waals surface area (Å²) in [7, 11) is 0. The van der Waals surface area contributed by atoms with Gasteiger partial charge in [-0.1, -0.05) is 17.3 Å². The highest BCUT2D eigenvalue weighted by atomic mass is 16.6. The average Bonchev–Trinajstić information content (AvgIpc) is 2.93. The number of aromatic nitrogens is 3. The molecule has 0 spiro atoms. The Labute approximate surface area is 102 Å². The van der Waals surface area contributed by atoms with Crippen LogP contribution < -0.4 is 0 Å². The molecule has 18 heavy (non-hydrogen) atoms. The first kappa shape index (κ1) is 11.5. The summed E-state index contributed by atoms with van der Waals surface area (Å²) >= 11 is 0. The molecular formula is C11H13N3O4. The quantitative estimate of drug-likeness (QED) is 0.635. The molecule has 2 heterocycles. The van der Waals surface area contributed by atoms with Crippen molar-refractivity contribution in [3.05, 3.63) is 24.3 Å². The molecule has 0 bridgehead atoms. The number of para-hydroxylation sites is 1. The number of hydrogen-bond acceptors (Lipinski definition) is 6. The number of fused-ring (bicyclic) bond motifs is 1. The fourth-order valence-electron chi connectivity index (χ4n) is 2.16. The Morgan fingerprint density at radius 3 is 2.72 bits per heavy atom. The molecule has 3 N–H and O–H groups in total. The lowest BCUT2D eigenvalue weighted by molar-refractivity contribution is -0.0572. The van der Waals surface area contributed by atoms with Gasteiger partial charge < -0.3 is 20.1 Å². The summed E-state index contributed by atoms with van der Waals surface area (Å²) in [4.78, 5) is 0. The van der Waals surface area contributed by atoms with Crippen molar-refractivity contribution in [3.63, 3.8) is 0 Å². The average molecular weight is 251 g/mol. The summed E-state index contributed by atoms with van der Waals surface area (Å²) in [6.07, 6.45) is -3.94. The van der Waals surface area contributed by atoms with E-state index >= 15 is 0 Å². The van der Waals surface area contributed by atoms with E-state index in [0.29, 0.717) is 11.0 Å². The summed E-state index contributed by atoms with van der Waals surface area (Å²) in [6, 6.07) is 7.24. The van der Waals surface area contributed by atoms with Crippen molar-refractivity contribution in [3.8, 4) is 0 Å². The van der Waals surface area contributed by atoms with Crippen LogP contribution in [0.1, 0.15) is 6.23 Å². The van der Waals surface area contributed by atoms with Crippen LogP contribution in [0.4, 0.5) is 0 Å². The molecule has 1 aliphatic heterocycles. The van der Waals surface area contributed by atoms with E-state index in [4.69, 9.17) is 9.84 Å². The highest BCUT2D eigenvalue weighted by molar-refractivity contribution is 5.73. The topological polar surface area (TPSA) is 101 Å². The summed E-state index contributed by atoms with van der Waals surface area (Å²) in [5, 5.41) is 36.5. The molecule has 3 rings (SSSR count). The first-order valence-electron chi connectivity index (χ1n) is 5.65. The Balaban J connectivity index is 2.00. The van der Waals surface area contributed by atoms with E-state index in [0.717, 1.165) is 0 Å². The Bertz CT molecular complexity index is 558. The van der Waals surface area contributed by atoms with Crippen molar-refractivity contribution in [2.45, 2.75) is 24.5 Å². The number of ether oxygens (including phenoxy) is 1. The lowest BCUT2D eigenvalue weighted by atomic mass is 10.1. The van der Waals surface area contributed by atoms with Gasteiger partial charge in [-0.3, -0.25) is 0 Å². The second-order valence-electron chi connectivity index (χ2n) is 4.25. The zero-order valence-corrected chi connectivity index (χ0v) is 9.42. The van der Waals surface area contributed by atoms with Crippen LogP contribution in [0.5, 0.6) is 0 Å². The molecule has 7 heteroatoms. The SMILES string of the molecule is OC[C@@H]1O[C@H](n2nnc3ccccc32)[C@@H](O)[C@@H]1O. The highest BCUT2D eigenvalue weighted by Gasteiger charge is 2.44. The third kappa shape index (κ3) is 1.60. The monoisotopic (exact) mass is 251 g/mol. The van der Waals surface area contributed by atoms with E-state index in [1.807, 2.05) is 12.1 Å². The van der Waals surface area contributed by atoms with Gasteiger partial charge in [-0.05, 0) is 12.1 Å². The number of rotatable bonds is 2. The van der Waals surface area contributed by atoms with E-state index in [9.17, 15) is 10.2 Å². The molecule has 1 fully saturated rings. The van der Waals surface area contributed by atoms with Crippen molar-refractivity contribution in [2.24, 2.45) is 0 Å². The predicted molar refractivity (Wildman–Crippen MR) is 60.5 cm³/mol. The summed E-state index contributed by atoms with van der Waals surface area (Å²) in [5.41, 5.74) is 1.38. The van der Waals surface area contributed by atoms with Crippen molar-refractivity contribution < 1.29 is 20.1 Å².